The molecule has 1 aliphatic carbocycles. The SMILES string of the molecule is CC(C)c1cc(N2Cc3ccccc3CC2(C)C)nc(NC2CCCCC2)n1. The van der Waals surface area contributed by atoms with Gasteiger partial charge in [-0.25, -0.2) is 4.98 Å². The zero-order valence-corrected chi connectivity index (χ0v) is 17.8. The van der Waals surface area contributed by atoms with Gasteiger partial charge in [0, 0.05) is 24.2 Å². The third-order valence-corrected chi connectivity index (χ3v) is 6.34. The van der Waals surface area contributed by atoms with Crippen LogP contribution in [0.1, 0.15) is 82.5 Å². The van der Waals surface area contributed by atoms with Crippen LogP contribution in [-0.2, 0) is 13.0 Å². The van der Waals surface area contributed by atoms with Crippen LogP contribution in [0.2, 0.25) is 0 Å². The van der Waals surface area contributed by atoms with Gasteiger partial charge in [-0.05, 0) is 50.2 Å². The molecule has 0 saturated heterocycles. The van der Waals surface area contributed by atoms with E-state index in [0.29, 0.717) is 12.0 Å². The molecule has 4 heteroatoms. The van der Waals surface area contributed by atoms with Crippen molar-refractivity contribution >= 4 is 11.8 Å². The van der Waals surface area contributed by atoms with Gasteiger partial charge in [-0.1, -0.05) is 57.4 Å². The summed E-state index contributed by atoms with van der Waals surface area (Å²) in [4.78, 5) is 12.3. The van der Waals surface area contributed by atoms with Crippen molar-refractivity contribution < 1.29 is 0 Å². The third-order valence-electron chi connectivity index (χ3n) is 6.34. The average molecular weight is 379 g/mol. The Kier molecular flexibility index (Phi) is 5.31. The zero-order chi connectivity index (χ0) is 19.7. The van der Waals surface area contributed by atoms with Crippen LogP contribution in [0.25, 0.3) is 0 Å². The summed E-state index contributed by atoms with van der Waals surface area (Å²) in [6.45, 7) is 9.99. The average Bonchev–Trinajstić information content (AvgIpc) is 2.67. The second-order valence-electron chi connectivity index (χ2n) is 9.45. The molecule has 1 aliphatic heterocycles. The summed E-state index contributed by atoms with van der Waals surface area (Å²) in [5, 5.41) is 3.65. The fourth-order valence-electron chi connectivity index (χ4n) is 4.60. The summed E-state index contributed by atoms with van der Waals surface area (Å²) in [6.07, 6.45) is 7.47. The van der Waals surface area contributed by atoms with Crippen molar-refractivity contribution in [1.82, 2.24) is 9.97 Å². The number of benzene rings is 1. The Hall–Kier alpha value is -2.10. The van der Waals surface area contributed by atoms with Crippen LogP contribution in [-0.4, -0.2) is 21.5 Å². The predicted molar refractivity (Wildman–Crippen MR) is 117 cm³/mol. The van der Waals surface area contributed by atoms with E-state index in [4.69, 9.17) is 9.97 Å². The maximum Gasteiger partial charge on any atom is 0.225 e. The first-order chi connectivity index (χ1) is 13.4. The van der Waals surface area contributed by atoms with Gasteiger partial charge >= 0.3 is 0 Å². The van der Waals surface area contributed by atoms with E-state index in [1.165, 1.54) is 43.2 Å². The van der Waals surface area contributed by atoms with Gasteiger partial charge in [0.05, 0.1) is 5.69 Å². The van der Waals surface area contributed by atoms with Crippen molar-refractivity contribution in [3.8, 4) is 0 Å². The molecule has 150 valence electrons. The fraction of sp³-hybridized carbons (Fsp3) is 0.583. The number of aromatic nitrogens is 2. The Balaban J connectivity index is 1.67. The lowest BCUT2D eigenvalue weighted by Gasteiger charge is -2.44. The van der Waals surface area contributed by atoms with Gasteiger partial charge in [-0.15, -0.1) is 0 Å². The molecule has 2 aromatic rings. The van der Waals surface area contributed by atoms with Crippen molar-refractivity contribution in [1.29, 1.82) is 0 Å². The van der Waals surface area contributed by atoms with E-state index in [1.54, 1.807) is 0 Å². The van der Waals surface area contributed by atoms with E-state index >= 15 is 0 Å². The summed E-state index contributed by atoms with van der Waals surface area (Å²) in [5.74, 6) is 2.24. The lowest BCUT2D eigenvalue weighted by atomic mass is 9.85. The second kappa shape index (κ2) is 7.73. The van der Waals surface area contributed by atoms with Gasteiger partial charge in [0.1, 0.15) is 5.82 Å². The van der Waals surface area contributed by atoms with Crippen LogP contribution in [0.4, 0.5) is 11.8 Å². The highest BCUT2D eigenvalue weighted by Gasteiger charge is 2.34. The van der Waals surface area contributed by atoms with Crippen molar-refractivity contribution in [2.75, 3.05) is 10.2 Å². The normalized spacial score (nSPS) is 19.5. The maximum atomic E-state index is 5.01. The summed E-state index contributed by atoms with van der Waals surface area (Å²) in [6, 6.07) is 11.5. The van der Waals surface area contributed by atoms with Crippen LogP contribution in [0.15, 0.2) is 30.3 Å². The number of nitrogens with one attached hydrogen (secondary N) is 1. The third kappa shape index (κ3) is 4.01. The highest BCUT2D eigenvalue weighted by molar-refractivity contribution is 5.51. The highest BCUT2D eigenvalue weighted by Crippen LogP contribution is 2.35. The number of nitrogens with zero attached hydrogens (tertiary/aromatic N) is 3. The molecule has 28 heavy (non-hydrogen) atoms. The molecule has 0 atom stereocenters. The van der Waals surface area contributed by atoms with E-state index in [0.717, 1.165) is 30.4 Å². The first-order valence-corrected chi connectivity index (χ1v) is 10.9. The molecule has 0 radical (unpaired) electrons. The lowest BCUT2D eigenvalue weighted by molar-refractivity contribution is 0.426. The first kappa shape index (κ1) is 19.2. The van der Waals surface area contributed by atoms with E-state index in [-0.39, 0.29) is 5.54 Å². The smallest absolute Gasteiger partial charge is 0.225 e. The molecule has 4 nitrogen and oxygen atoms in total. The first-order valence-electron chi connectivity index (χ1n) is 10.9. The number of rotatable bonds is 4. The molecule has 0 amide bonds. The topological polar surface area (TPSA) is 41.1 Å². The second-order valence-corrected chi connectivity index (χ2v) is 9.45. The van der Waals surface area contributed by atoms with E-state index < -0.39 is 0 Å². The summed E-state index contributed by atoms with van der Waals surface area (Å²) in [7, 11) is 0. The van der Waals surface area contributed by atoms with Gasteiger partial charge in [0.15, 0.2) is 0 Å². The van der Waals surface area contributed by atoms with Crippen molar-refractivity contribution in [2.24, 2.45) is 0 Å². The highest BCUT2D eigenvalue weighted by atomic mass is 15.3. The zero-order valence-electron chi connectivity index (χ0n) is 17.8. The van der Waals surface area contributed by atoms with Crippen LogP contribution >= 0.6 is 0 Å². The van der Waals surface area contributed by atoms with E-state index in [9.17, 15) is 0 Å². The van der Waals surface area contributed by atoms with Gasteiger partial charge in [0.2, 0.25) is 5.95 Å². The van der Waals surface area contributed by atoms with Crippen molar-refractivity contribution in [2.45, 2.75) is 90.3 Å². The molecule has 2 aliphatic rings. The minimum Gasteiger partial charge on any atom is -0.351 e. The number of fused-ring (bicyclic) bond motifs is 1. The number of hydrogen-bond acceptors (Lipinski definition) is 4. The van der Waals surface area contributed by atoms with Gasteiger partial charge in [-0.2, -0.15) is 4.98 Å². The molecule has 0 unspecified atom stereocenters. The van der Waals surface area contributed by atoms with Crippen LogP contribution in [0, 0.1) is 0 Å². The largest absolute Gasteiger partial charge is 0.351 e. The van der Waals surface area contributed by atoms with E-state index in [1.807, 2.05) is 0 Å². The summed E-state index contributed by atoms with van der Waals surface area (Å²) in [5.41, 5.74) is 4.02. The molecule has 1 saturated carbocycles. The van der Waals surface area contributed by atoms with Gasteiger partial charge in [-0.3, -0.25) is 0 Å². The molecule has 1 aromatic carbocycles. The quantitative estimate of drug-likeness (QED) is 0.742. The van der Waals surface area contributed by atoms with Gasteiger partial charge < -0.3 is 10.2 Å². The van der Waals surface area contributed by atoms with Gasteiger partial charge in [0.25, 0.3) is 0 Å². The summed E-state index contributed by atoms with van der Waals surface area (Å²) < 4.78 is 0. The molecule has 2 heterocycles. The number of hydrogen-bond donors (Lipinski definition) is 1. The maximum absolute atomic E-state index is 5.01. The summed E-state index contributed by atoms with van der Waals surface area (Å²) >= 11 is 0. The standard InChI is InChI=1S/C24H34N4/c1-17(2)21-14-22(27-23(26-21)25-20-12-6-5-7-13-20)28-16-19-11-9-8-10-18(19)15-24(28,3)4/h8-11,14,17,20H,5-7,12-13,15-16H2,1-4H3,(H,25,26,27). The molecule has 1 aromatic heterocycles. The van der Waals surface area contributed by atoms with Crippen LogP contribution < -0.4 is 10.2 Å². The predicted octanol–water partition coefficient (Wildman–Crippen LogP) is 5.69. The molecular weight excluding hydrogens is 344 g/mol. The Morgan fingerprint density at radius 2 is 1.75 bits per heavy atom. The minimum absolute atomic E-state index is 0.0268. The number of anilines is 2. The molecule has 0 spiro atoms. The van der Waals surface area contributed by atoms with Crippen LogP contribution in [0.3, 0.4) is 0 Å². The Morgan fingerprint density at radius 3 is 2.46 bits per heavy atom. The van der Waals surface area contributed by atoms with E-state index in [2.05, 4.69) is 68.2 Å². The monoisotopic (exact) mass is 378 g/mol. The Morgan fingerprint density at radius 1 is 1.04 bits per heavy atom. The molecule has 0 bridgehead atoms. The Labute approximate surface area is 169 Å². The Bertz CT molecular complexity index is 821. The lowest BCUT2D eigenvalue weighted by Crippen LogP contribution is -2.49. The fourth-order valence-corrected chi connectivity index (χ4v) is 4.60. The molecular formula is C24H34N4. The van der Waals surface area contributed by atoms with Crippen molar-refractivity contribution in [3.63, 3.8) is 0 Å². The molecule has 1 fully saturated rings. The van der Waals surface area contributed by atoms with Crippen LogP contribution in [0.5, 0.6) is 0 Å². The minimum atomic E-state index is 0.0268. The molecule has 1 N–H and O–H groups in total. The molecule has 4 rings (SSSR count). The van der Waals surface area contributed by atoms with Crippen molar-refractivity contribution in [3.05, 3.63) is 47.2 Å².